The molecule has 29 heavy (non-hydrogen) atoms. The molecular weight excluding hydrogens is 390 g/mol. The van der Waals surface area contributed by atoms with E-state index in [1.54, 1.807) is 31.0 Å². The number of carbonyl (C=O) groups is 2. The van der Waals surface area contributed by atoms with Crippen LogP contribution < -0.4 is 4.74 Å². The fourth-order valence-corrected chi connectivity index (χ4v) is 4.94. The Bertz CT molecular complexity index is 832. The SMILES string of the molecule is COc1ccc(C2SCC(=O)N2CCN2CCN(C(=O)c3ccco3)CC2)cc1. The Morgan fingerprint density at radius 3 is 2.55 bits per heavy atom. The minimum atomic E-state index is -0.0552. The number of thioether (sulfide) groups is 1. The van der Waals surface area contributed by atoms with Gasteiger partial charge in [-0.2, -0.15) is 0 Å². The summed E-state index contributed by atoms with van der Waals surface area (Å²) in [5, 5.41) is 0.0511. The third kappa shape index (κ3) is 4.43. The lowest BCUT2D eigenvalue weighted by Crippen LogP contribution is -2.50. The van der Waals surface area contributed by atoms with Gasteiger partial charge in [-0.3, -0.25) is 14.5 Å². The number of amides is 2. The van der Waals surface area contributed by atoms with Crippen molar-refractivity contribution in [3.63, 3.8) is 0 Å². The van der Waals surface area contributed by atoms with E-state index in [9.17, 15) is 9.59 Å². The van der Waals surface area contributed by atoms with Crippen LogP contribution in [0.2, 0.25) is 0 Å². The second kappa shape index (κ2) is 8.92. The fraction of sp³-hybridized carbons (Fsp3) is 0.429. The standard InChI is InChI=1S/C21H25N3O4S/c1-27-17-6-4-16(5-7-17)21-24(19(25)15-29-21)13-10-22-8-11-23(12-9-22)20(26)18-3-2-14-28-18/h2-7,14,21H,8-13,15H2,1H3. The molecule has 2 aliphatic heterocycles. The van der Waals surface area contributed by atoms with Gasteiger partial charge < -0.3 is 19.0 Å². The molecule has 1 unspecified atom stereocenters. The van der Waals surface area contributed by atoms with Crippen LogP contribution in [0, 0.1) is 0 Å². The number of carbonyl (C=O) groups excluding carboxylic acids is 2. The van der Waals surface area contributed by atoms with Crippen molar-refractivity contribution in [2.24, 2.45) is 0 Å². The molecule has 0 spiro atoms. The van der Waals surface area contributed by atoms with Gasteiger partial charge in [0.2, 0.25) is 5.91 Å². The van der Waals surface area contributed by atoms with E-state index >= 15 is 0 Å². The van der Waals surface area contributed by atoms with Gasteiger partial charge in [-0.25, -0.2) is 0 Å². The monoisotopic (exact) mass is 415 g/mol. The lowest BCUT2D eigenvalue weighted by Gasteiger charge is -2.35. The zero-order chi connectivity index (χ0) is 20.2. The summed E-state index contributed by atoms with van der Waals surface area (Å²) >= 11 is 1.67. The highest BCUT2D eigenvalue weighted by atomic mass is 32.2. The normalized spacial score (nSPS) is 20.3. The molecule has 1 aromatic carbocycles. The maximum absolute atomic E-state index is 12.4. The van der Waals surface area contributed by atoms with Crippen molar-refractivity contribution < 1.29 is 18.7 Å². The van der Waals surface area contributed by atoms with E-state index in [0.717, 1.165) is 30.9 Å². The summed E-state index contributed by atoms with van der Waals surface area (Å²) in [4.78, 5) is 30.9. The van der Waals surface area contributed by atoms with Crippen molar-refractivity contribution >= 4 is 23.6 Å². The number of nitrogens with zero attached hydrogens (tertiary/aromatic N) is 3. The van der Waals surface area contributed by atoms with Crippen molar-refractivity contribution in [2.45, 2.75) is 5.37 Å². The molecular formula is C21H25N3O4S. The Hall–Kier alpha value is -2.45. The Morgan fingerprint density at radius 2 is 1.90 bits per heavy atom. The summed E-state index contributed by atoms with van der Waals surface area (Å²) in [5.74, 6) is 1.85. The lowest BCUT2D eigenvalue weighted by molar-refractivity contribution is -0.128. The van der Waals surface area contributed by atoms with Crippen molar-refractivity contribution in [3.05, 3.63) is 54.0 Å². The van der Waals surface area contributed by atoms with Crippen LogP contribution in [0.1, 0.15) is 21.5 Å². The van der Waals surface area contributed by atoms with Gasteiger partial charge in [0.1, 0.15) is 11.1 Å². The molecule has 1 aromatic heterocycles. The predicted octanol–water partition coefficient (Wildman–Crippen LogP) is 2.32. The number of hydrogen-bond acceptors (Lipinski definition) is 6. The van der Waals surface area contributed by atoms with Crippen LogP contribution in [0.15, 0.2) is 47.1 Å². The molecule has 8 heteroatoms. The molecule has 0 radical (unpaired) electrons. The van der Waals surface area contributed by atoms with E-state index in [1.165, 1.54) is 6.26 Å². The summed E-state index contributed by atoms with van der Waals surface area (Å²) in [6.45, 7) is 4.44. The molecule has 2 aromatic rings. The molecule has 2 amide bonds. The van der Waals surface area contributed by atoms with Crippen LogP contribution in [0.5, 0.6) is 5.75 Å². The predicted molar refractivity (Wildman–Crippen MR) is 111 cm³/mol. The Morgan fingerprint density at radius 1 is 1.14 bits per heavy atom. The van der Waals surface area contributed by atoms with Gasteiger partial charge in [-0.05, 0) is 29.8 Å². The summed E-state index contributed by atoms with van der Waals surface area (Å²) in [7, 11) is 1.65. The zero-order valence-corrected chi connectivity index (χ0v) is 17.3. The van der Waals surface area contributed by atoms with Crippen molar-refractivity contribution in [1.29, 1.82) is 0 Å². The number of furan rings is 1. The first-order chi connectivity index (χ1) is 14.2. The number of hydrogen-bond donors (Lipinski definition) is 0. The summed E-state index contributed by atoms with van der Waals surface area (Å²) in [6, 6.07) is 11.4. The maximum Gasteiger partial charge on any atom is 0.289 e. The minimum absolute atomic E-state index is 0.0511. The first-order valence-corrected chi connectivity index (χ1v) is 10.8. The highest BCUT2D eigenvalue weighted by molar-refractivity contribution is 8.00. The van der Waals surface area contributed by atoms with Crippen molar-refractivity contribution in [3.8, 4) is 5.75 Å². The minimum Gasteiger partial charge on any atom is -0.497 e. The molecule has 2 saturated heterocycles. The lowest BCUT2D eigenvalue weighted by atomic mass is 10.2. The highest BCUT2D eigenvalue weighted by Crippen LogP contribution is 2.38. The molecule has 2 fully saturated rings. The second-order valence-corrected chi connectivity index (χ2v) is 8.20. The molecule has 1 atom stereocenters. The van der Waals surface area contributed by atoms with Crippen LogP contribution in [-0.2, 0) is 4.79 Å². The highest BCUT2D eigenvalue weighted by Gasteiger charge is 2.33. The summed E-state index contributed by atoms with van der Waals surface area (Å²) in [5.41, 5.74) is 1.12. The molecule has 0 aliphatic carbocycles. The first kappa shape index (κ1) is 19.8. The van der Waals surface area contributed by atoms with E-state index in [4.69, 9.17) is 9.15 Å². The molecule has 7 nitrogen and oxygen atoms in total. The summed E-state index contributed by atoms with van der Waals surface area (Å²) in [6.07, 6.45) is 1.52. The number of methoxy groups -OCH3 is 1. The Labute approximate surface area is 174 Å². The van der Waals surface area contributed by atoms with Crippen LogP contribution >= 0.6 is 11.8 Å². The van der Waals surface area contributed by atoms with Gasteiger partial charge in [0, 0.05) is 39.3 Å². The van der Waals surface area contributed by atoms with Gasteiger partial charge in [0.05, 0.1) is 19.1 Å². The Balaban J connectivity index is 1.30. The van der Waals surface area contributed by atoms with E-state index in [0.29, 0.717) is 31.1 Å². The topological polar surface area (TPSA) is 66.2 Å². The van der Waals surface area contributed by atoms with E-state index in [2.05, 4.69) is 4.90 Å². The second-order valence-electron chi connectivity index (χ2n) is 7.13. The number of ether oxygens (including phenoxy) is 1. The van der Waals surface area contributed by atoms with Crippen molar-refractivity contribution in [2.75, 3.05) is 52.1 Å². The molecule has 3 heterocycles. The molecule has 2 aliphatic rings. The maximum atomic E-state index is 12.4. The molecule has 0 N–H and O–H groups in total. The third-order valence-corrected chi connectivity index (χ3v) is 6.67. The average molecular weight is 416 g/mol. The smallest absolute Gasteiger partial charge is 0.289 e. The van der Waals surface area contributed by atoms with Crippen LogP contribution in [0.4, 0.5) is 0 Å². The van der Waals surface area contributed by atoms with E-state index in [-0.39, 0.29) is 17.2 Å². The first-order valence-electron chi connectivity index (χ1n) is 9.76. The molecule has 0 saturated carbocycles. The number of benzene rings is 1. The molecule has 154 valence electrons. The van der Waals surface area contributed by atoms with Gasteiger partial charge in [0.15, 0.2) is 5.76 Å². The third-order valence-electron chi connectivity index (χ3n) is 5.42. The van der Waals surface area contributed by atoms with Gasteiger partial charge in [-0.15, -0.1) is 11.8 Å². The van der Waals surface area contributed by atoms with Crippen LogP contribution in [0.25, 0.3) is 0 Å². The molecule has 4 rings (SSSR count). The quantitative estimate of drug-likeness (QED) is 0.722. The average Bonchev–Trinajstić information content (AvgIpc) is 3.42. The van der Waals surface area contributed by atoms with Crippen LogP contribution in [-0.4, -0.2) is 78.6 Å². The largest absolute Gasteiger partial charge is 0.497 e. The molecule has 0 bridgehead atoms. The zero-order valence-electron chi connectivity index (χ0n) is 16.5. The summed E-state index contributed by atoms with van der Waals surface area (Å²) < 4.78 is 10.4. The van der Waals surface area contributed by atoms with Crippen LogP contribution in [0.3, 0.4) is 0 Å². The van der Waals surface area contributed by atoms with Crippen molar-refractivity contribution in [1.82, 2.24) is 14.7 Å². The number of rotatable bonds is 6. The van der Waals surface area contributed by atoms with Gasteiger partial charge in [-0.1, -0.05) is 12.1 Å². The van der Waals surface area contributed by atoms with E-state index in [1.807, 2.05) is 34.1 Å². The fourth-order valence-electron chi connectivity index (χ4n) is 3.72. The van der Waals surface area contributed by atoms with Gasteiger partial charge in [0.25, 0.3) is 5.91 Å². The Kier molecular flexibility index (Phi) is 6.10. The number of piperazine rings is 1. The van der Waals surface area contributed by atoms with E-state index < -0.39 is 0 Å². The van der Waals surface area contributed by atoms with Gasteiger partial charge >= 0.3 is 0 Å².